The summed E-state index contributed by atoms with van der Waals surface area (Å²) >= 11 is 0. The summed E-state index contributed by atoms with van der Waals surface area (Å²) in [6.07, 6.45) is 1.98. The van der Waals surface area contributed by atoms with E-state index in [0.29, 0.717) is 49.8 Å². The number of aryl methyl sites for hydroxylation is 1. The first-order valence-corrected chi connectivity index (χ1v) is 9.29. The molecular formula is C20H19FN4O4. The first-order valence-electron chi connectivity index (χ1n) is 9.29. The second-order valence-electron chi connectivity index (χ2n) is 6.67. The van der Waals surface area contributed by atoms with Crippen molar-refractivity contribution in [3.05, 3.63) is 60.1 Å². The second-order valence-corrected chi connectivity index (χ2v) is 6.67. The van der Waals surface area contributed by atoms with Gasteiger partial charge in [-0.1, -0.05) is 17.3 Å². The van der Waals surface area contributed by atoms with Crippen molar-refractivity contribution < 1.29 is 22.9 Å². The number of aromatic nitrogens is 2. The van der Waals surface area contributed by atoms with Crippen LogP contribution in [-0.4, -0.2) is 57.9 Å². The van der Waals surface area contributed by atoms with E-state index in [9.17, 15) is 14.0 Å². The maximum atomic E-state index is 13.3. The van der Waals surface area contributed by atoms with Crippen LogP contribution in [0, 0.1) is 5.82 Å². The molecule has 0 atom stereocenters. The molecule has 9 heteroatoms. The van der Waals surface area contributed by atoms with Crippen molar-refractivity contribution in [2.45, 2.75) is 12.8 Å². The SMILES string of the molecule is O=C(CCc1nc(-c2cccc(F)c2)no1)N1CCN(C(=O)c2ccco2)CC1. The molecule has 1 aromatic carbocycles. The third-order valence-electron chi connectivity index (χ3n) is 4.76. The molecule has 1 aliphatic heterocycles. The number of hydrogen-bond acceptors (Lipinski definition) is 6. The first kappa shape index (κ1) is 18.9. The van der Waals surface area contributed by atoms with Crippen LogP contribution < -0.4 is 0 Å². The van der Waals surface area contributed by atoms with Gasteiger partial charge in [0.15, 0.2) is 5.76 Å². The predicted molar refractivity (Wildman–Crippen MR) is 99.2 cm³/mol. The van der Waals surface area contributed by atoms with Gasteiger partial charge in [0.2, 0.25) is 17.6 Å². The number of benzene rings is 1. The van der Waals surface area contributed by atoms with Gasteiger partial charge < -0.3 is 18.7 Å². The quantitative estimate of drug-likeness (QED) is 0.655. The van der Waals surface area contributed by atoms with Crippen LogP contribution in [0.3, 0.4) is 0 Å². The van der Waals surface area contributed by atoms with E-state index in [1.165, 1.54) is 18.4 Å². The highest BCUT2D eigenvalue weighted by Gasteiger charge is 2.26. The molecule has 0 spiro atoms. The maximum Gasteiger partial charge on any atom is 0.289 e. The molecule has 8 nitrogen and oxygen atoms in total. The van der Waals surface area contributed by atoms with Gasteiger partial charge in [0.25, 0.3) is 5.91 Å². The molecule has 0 bridgehead atoms. The molecule has 0 unspecified atom stereocenters. The number of carbonyl (C=O) groups excluding carboxylic acids is 2. The van der Waals surface area contributed by atoms with Crippen LogP contribution in [0.15, 0.2) is 51.6 Å². The van der Waals surface area contributed by atoms with Crippen LogP contribution in [0.4, 0.5) is 4.39 Å². The largest absolute Gasteiger partial charge is 0.459 e. The number of furan rings is 1. The fraction of sp³-hybridized carbons (Fsp3) is 0.300. The second kappa shape index (κ2) is 8.26. The summed E-state index contributed by atoms with van der Waals surface area (Å²) in [4.78, 5) is 32.3. The van der Waals surface area contributed by atoms with Crippen molar-refractivity contribution in [2.24, 2.45) is 0 Å². The average Bonchev–Trinajstić information content (AvgIpc) is 3.44. The number of rotatable bonds is 5. The normalized spacial score (nSPS) is 14.2. The molecule has 4 rings (SSSR count). The lowest BCUT2D eigenvalue weighted by molar-refractivity contribution is -0.132. The van der Waals surface area contributed by atoms with Crippen LogP contribution >= 0.6 is 0 Å². The minimum absolute atomic E-state index is 0.0411. The summed E-state index contributed by atoms with van der Waals surface area (Å²) in [5.74, 6) is 0.323. The first-order chi connectivity index (χ1) is 14.1. The monoisotopic (exact) mass is 398 g/mol. The number of hydrogen-bond donors (Lipinski definition) is 0. The van der Waals surface area contributed by atoms with E-state index >= 15 is 0 Å². The lowest BCUT2D eigenvalue weighted by Gasteiger charge is -2.34. The Labute approximate surface area is 165 Å². The molecule has 1 saturated heterocycles. The Hall–Kier alpha value is -3.49. The summed E-state index contributed by atoms with van der Waals surface area (Å²) < 4.78 is 23.6. The minimum Gasteiger partial charge on any atom is -0.459 e. The van der Waals surface area contributed by atoms with E-state index in [4.69, 9.17) is 8.94 Å². The summed E-state index contributed by atoms with van der Waals surface area (Å²) in [6, 6.07) is 9.22. The fourth-order valence-corrected chi connectivity index (χ4v) is 3.19. The van der Waals surface area contributed by atoms with Gasteiger partial charge in [-0.15, -0.1) is 0 Å². The lowest BCUT2D eigenvalue weighted by atomic mass is 10.2. The van der Waals surface area contributed by atoms with Crippen LogP contribution in [0.1, 0.15) is 22.9 Å². The van der Waals surface area contributed by atoms with Crippen LogP contribution in [0.5, 0.6) is 0 Å². The Morgan fingerprint density at radius 1 is 1.07 bits per heavy atom. The van der Waals surface area contributed by atoms with Crippen molar-refractivity contribution in [1.82, 2.24) is 19.9 Å². The zero-order valence-corrected chi connectivity index (χ0v) is 15.6. The highest BCUT2D eigenvalue weighted by molar-refractivity contribution is 5.91. The van der Waals surface area contributed by atoms with Crippen molar-refractivity contribution in [3.8, 4) is 11.4 Å². The van der Waals surface area contributed by atoms with Gasteiger partial charge in [0.05, 0.1) is 6.26 Å². The molecule has 3 aromatic rings. The topological polar surface area (TPSA) is 92.7 Å². The summed E-state index contributed by atoms with van der Waals surface area (Å²) in [5.41, 5.74) is 0.517. The Morgan fingerprint density at radius 3 is 2.59 bits per heavy atom. The average molecular weight is 398 g/mol. The number of halogens is 1. The number of amides is 2. The molecule has 3 heterocycles. The zero-order valence-electron chi connectivity index (χ0n) is 15.6. The van der Waals surface area contributed by atoms with Crippen molar-refractivity contribution >= 4 is 11.8 Å². The van der Waals surface area contributed by atoms with Crippen LogP contribution in [0.2, 0.25) is 0 Å². The molecule has 0 radical (unpaired) electrons. The van der Waals surface area contributed by atoms with Gasteiger partial charge in [-0.25, -0.2) is 4.39 Å². The van der Waals surface area contributed by atoms with E-state index < -0.39 is 0 Å². The van der Waals surface area contributed by atoms with Gasteiger partial charge in [-0.3, -0.25) is 9.59 Å². The lowest BCUT2D eigenvalue weighted by Crippen LogP contribution is -2.50. The van der Waals surface area contributed by atoms with Crippen molar-refractivity contribution in [2.75, 3.05) is 26.2 Å². The van der Waals surface area contributed by atoms with Crippen molar-refractivity contribution in [3.63, 3.8) is 0 Å². The molecular weight excluding hydrogens is 379 g/mol. The van der Waals surface area contributed by atoms with E-state index in [2.05, 4.69) is 10.1 Å². The summed E-state index contributed by atoms with van der Waals surface area (Å²) in [5, 5.41) is 3.84. The maximum absolute atomic E-state index is 13.3. The number of nitrogens with zero attached hydrogens (tertiary/aromatic N) is 4. The van der Waals surface area contributed by atoms with Gasteiger partial charge in [-0.05, 0) is 24.3 Å². The van der Waals surface area contributed by atoms with Crippen molar-refractivity contribution in [1.29, 1.82) is 0 Å². The molecule has 2 amide bonds. The van der Waals surface area contributed by atoms with Crippen LogP contribution in [-0.2, 0) is 11.2 Å². The fourth-order valence-electron chi connectivity index (χ4n) is 3.19. The molecule has 150 valence electrons. The number of carbonyl (C=O) groups is 2. The predicted octanol–water partition coefficient (Wildman–Crippen LogP) is 2.39. The molecule has 0 N–H and O–H groups in total. The van der Waals surface area contributed by atoms with E-state index in [1.807, 2.05) is 0 Å². The standard InChI is InChI=1S/C20H19FN4O4/c21-15-4-1-3-14(13-15)19-22-17(29-23-19)6-7-18(26)24-8-10-25(11-9-24)20(27)16-5-2-12-28-16/h1-5,12-13H,6-11H2. The Morgan fingerprint density at radius 2 is 1.86 bits per heavy atom. The Kier molecular flexibility index (Phi) is 5.37. The smallest absolute Gasteiger partial charge is 0.289 e. The summed E-state index contributed by atoms with van der Waals surface area (Å²) in [6.45, 7) is 1.83. The minimum atomic E-state index is -0.381. The molecule has 29 heavy (non-hydrogen) atoms. The van der Waals surface area contributed by atoms with Gasteiger partial charge in [0.1, 0.15) is 5.82 Å². The van der Waals surface area contributed by atoms with Gasteiger partial charge in [-0.2, -0.15) is 4.98 Å². The highest BCUT2D eigenvalue weighted by atomic mass is 19.1. The zero-order chi connectivity index (χ0) is 20.2. The van der Waals surface area contributed by atoms with Gasteiger partial charge in [0, 0.05) is 44.6 Å². The molecule has 0 saturated carbocycles. The Balaban J connectivity index is 1.27. The highest BCUT2D eigenvalue weighted by Crippen LogP contribution is 2.17. The third-order valence-corrected chi connectivity index (χ3v) is 4.76. The van der Waals surface area contributed by atoms with E-state index in [0.717, 1.165) is 0 Å². The van der Waals surface area contributed by atoms with Crippen LogP contribution in [0.25, 0.3) is 11.4 Å². The molecule has 0 aliphatic carbocycles. The molecule has 2 aromatic heterocycles. The molecule has 1 aliphatic rings. The van der Waals surface area contributed by atoms with E-state index in [1.54, 1.807) is 34.1 Å². The third kappa shape index (κ3) is 4.34. The van der Waals surface area contributed by atoms with E-state index in [-0.39, 0.29) is 29.9 Å². The number of piperazine rings is 1. The van der Waals surface area contributed by atoms with Gasteiger partial charge >= 0.3 is 0 Å². The summed E-state index contributed by atoms with van der Waals surface area (Å²) in [7, 11) is 0. The molecule has 1 fully saturated rings. The Bertz CT molecular complexity index is 994.